The van der Waals surface area contributed by atoms with Gasteiger partial charge in [-0.1, -0.05) is 23.7 Å². The molecule has 30 heavy (non-hydrogen) atoms. The highest BCUT2D eigenvalue weighted by molar-refractivity contribution is 6.32. The van der Waals surface area contributed by atoms with Gasteiger partial charge in [-0.05, 0) is 42.8 Å². The fourth-order valence-corrected chi connectivity index (χ4v) is 4.16. The molecule has 7 heteroatoms. The van der Waals surface area contributed by atoms with Crippen LogP contribution in [-0.2, 0) is 19.5 Å². The second-order valence-corrected chi connectivity index (χ2v) is 7.76. The van der Waals surface area contributed by atoms with Gasteiger partial charge in [-0.25, -0.2) is 4.98 Å². The number of pyridine rings is 1. The van der Waals surface area contributed by atoms with Crippen molar-refractivity contribution in [3.8, 4) is 17.1 Å². The summed E-state index contributed by atoms with van der Waals surface area (Å²) in [4.78, 5) is 26.6. The van der Waals surface area contributed by atoms with Gasteiger partial charge in [0.1, 0.15) is 5.82 Å². The molecule has 4 aromatic rings. The third-order valence-electron chi connectivity index (χ3n) is 5.44. The molecular formula is C23H20ClN5O. The number of nitrogens with zero attached hydrogens (tertiary/aromatic N) is 4. The van der Waals surface area contributed by atoms with Gasteiger partial charge in [0.15, 0.2) is 0 Å². The van der Waals surface area contributed by atoms with Gasteiger partial charge in [-0.2, -0.15) is 0 Å². The van der Waals surface area contributed by atoms with E-state index in [1.54, 1.807) is 12.4 Å². The lowest BCUT2D eigenvalue weighted by atomic mass is 10.1. The van der Waals surface area contributed by atoms with Crippen LogP contribution >= 0.6 is 11.6 Å². The number of hydrogen-bond acceptors (Lipinski definition) is 4. The van der Waals surface area contributed by atoms with Crippen molar-refractivity contribution in [2.24, 2.45) is 0 Å². The van der Waals surface area contributed by atoms with Gasteiger partial charge >= 0.3 is 0 Å². The van der Waals surface area contributed by atoms with E-state index >= 15 is 0 Å². The molecule has 0 saturated carbocycles. The first-order valence-corrected chi connectivity index (χ1v) is 10.2. The number of halogens is 1. The molecule has 4 heterocycles. The van der Waals surface area contributed by atoms with E-state index in [9.17, 15) is 4.79 Å². The minimum atomic E-state index is -0.0501. The molecule has 1 aliphatic heterocycles. The average molecular weight is 418 g/mol. The Kier molecular flexibility index (Phi) is 4.94. The Morgan fingerprint density at radius 3 is 2.73 bits per heavy atom. The third-order valence-corrected chi connectivity index (χ3v) is 5.76. The van der Waals surface area contributed by atoms with Crippen molar-refractivity contribution in [2.45, 2.75) is 19.5 Å². The molecule has 1 N–H and O–H groups in total. The maximum absolute atomic E-state index is 12.6. The number of nitrogens with one attached hydrogen (secondary N) is 1. The number of benzene rings is 1. The van der Waals surface area contributed by atoms with Crippen LogP contribution in [0.4, 0.5) is 0 Å². The maximum atomic E-state index is 12.6. The lowest BCUT2D eigenvalue weighted by Gasteiger charge is -2.28. The predicted molar refractivity (Wildman–Crippen MR) is 117 cm³/mol. The van der Waals surface area contributed by atoms with Crippen LogP contribution in [0.5, 0.6) is 0 Å². The summed E-state index contributed by atoms with van der Waals surface area (Å²) in [5.74, 6) is 0.586. The van der Waals surface area contributed by atoms with Crippen molar-refractivity contribution in [3.63, 3.8) is 0 Å². The second-order valence-electron chi connectivity index (χ2n) is 7.36. The summed E-state index contributed by atoms with van der Waals surface area (Å²) in [7, 11) is 0. The Labute approximate surface area is 178 Å². The molecule has 5 rings (SSSR count). The number of para-hydroxylation sites is 1. The predicted octanol–water partition coefficient (Wildman–Crippen LogP) is 3.83. The Morgan fingerprint density at radius 2 is 1.90 bits per heavy atom. The van der Waals surface area contributed by atoms with Crippen molar-refractivity contribution >= 4 is 11.6 Å². The zero-order valence-corrected chi connectivity index (χ0v) is 17.0. The number of H-pyrrole nitrogens is 1. The Hall–Kier alpha value is -3.22. The highest BCUT2D eigenvalue weighted by atomic mass is 35.5. The summed E-state index contributed by atoms with van der Waals surface area (Å²) in [6.07, 6.45) is 6.11. The summed E-state index contributed by atoms with van der Waals surface area (Å²) < 4.78 is 2.12. The fraction of sp³-hybridized carbons (Fsp3) is 0.174. The van der Waals surface area contributed by atoms with Crippen LogP contribution in [0.3, 0.4) is 0 Å². The van der Waals surface area contributed by atoms with Crippen LogP contribution in [0, 0.1) is 0 Å². The number of fused-ring (bicyclic) bond motifs is 1. The first-order chi connectivity index (χ1) is 14.7. The SMILES string of the molecule is O=c1[nH]c(-c2ccncc2)nc2c1CCN(Cc1cccn1-c1ccccc1Cl)C2. The van der Waals surface area contributed by atoms with Gasteiger partial charge in [-0.3, -0.25) is 14.7 Å². The number of aromatic amines is 1. The molecule has 0 saturated heterocycles. The molecule has 0 amide bonds. The highest BCUT2D eigenvalue weighted by Gasteiger charge is 2.22. The van der Waals surface area contributed by atoms with E-state index in [0.717, 1.165) is 41.3 Å². The minimum Gasteiger partial charge on any atom is -0.318 e. The summed E-state index contributed by atoms with van der Waals surface area (Å²) in [5, 5.41) is 0.717. The molecular weight excluding hydrogens is 398 g/mol. The lowest BCUT2D eigenvalue weighted by Crippen LogP contribution is -2.35. The Balaban J connectivity index is 1.42. The van der Waals surface area contributed by atoms with Crippen LogP contribution in [0.15, 0.2) is 71.9 Å². The normalized spacial score (nSPS) is 13.9. The maximum Gasteiger partial charge on any atom is 0.254 e. The van der Waals surface area contributed by atoms with Crippen molar-refractivity contribution < 1.29 is 0 Å². The standard InChI is InChI=1S/C23H20ClN5O/c24-19-5-1-2-6-21(19)29-12-3-4-17(29)14-28-13-9-18-20(15-28)26-22(27-23(18)30)16-7-10-25-11-8-16/h1-8,10-12H,9,13-15H2,(H,26,27,30). The summed E-state index contributed by atoms with van der Waals surface area (Å²) in [5.41, 5.74) is 4.54. The van der Waals surface area contributed by atoms with Gasteiger partial charge in [0.25, 0.3) is 5.56 Å². The van der Waals surface area contributed by atoms with Gasteiger partial charge in [0.2, 0.25) is 0 Å². The Bertz CT molecular complexity index is 1250. The third kappa shape index (κ3) is 3.56. The smallest absolute Gasteiger partial charge is 0.254 e. The summed E-state index contributed by atoms with van der Waals surface area (Å²) in [6.45, 7) is 2.18. The van der Waals surface area contributed by atoms with Gasteiger partial charge < -0.3 is 9.55 Å². The quantitative estimate of drug-likeness (QED) is 0.548. The van der Waals surface area contributed by atoms with Crippen LogP contribution in [0.1, 0.15) is 17.0 Å². The first kappa shape index (κ1) is 18.8. The van der Waals surface area contributed by atoms with E-state index in [4.69, 9.17) is 16.6 Å². The van der Waals surface area contributed by atoms with Gasteiger partial charge in [0.05, 0.1) is 16.4 Å². The van der Waals surface area contributed by atoms with Crippen LogP contribution in [0.25, 0.3) is 17.1 Å². The van der Waals surface area contributed by atoms with E-state index in [2.05, 4.69) is 25.5 Å². The zero-order chi connectivity index (χ0) is 20.5. The number of aromatic nitrogens is 4. The van der Waals surface area contributed by atoms with Gasteiger partial charge in [0, 0.05) is 55.0 Å². The molecule has 0 unspecified atom stereocenters. The molecule has 0 radical (unpaired) electrons. The van der Waals surface area contributed by atoms with E-state index in [-0.39, 0.29) is 5.56 Å². The van der Waals surface area contributed by atoms with Crippen LogP contribution in [-0.4, -0.2) is 31.0 Å². The molecule has 150 valence electrons. The molecule has 1 aromatic carbocycles. The van der Waals surface area contributed by atoms with Crippen molar-refractivity contribution in [1.82, 2.24) is 24.4 Å². The van der Waals surface area contributed by atoms with Crippen molar-refractivity contribution in [3.05, 3.63) is 99.4 Å². The minimum absolute atomic E-state index is 0.0501. The summed E-state index contributed by atoms with van der Waals surface area (Å²) >= 11 is 6.40. The molecule has 0 spiro atoms. The summed E-state index contributed by atoms with van der Waals surface area (Å²) in [6, 6.07) is 15.7. The van der Waals surface area contributed by atoms with E-state index in [1.807, 2.05) is 48.7 Å². The second kappa shape index (κ2) is 7.89. The fourth-order valence-electron chi connectivity index (χ4n) is 3.93. The van der Waals surface area contributed by atoms with Crippen molar-refractivity contribution in [2.75, 3.05) is 6.54 Å². The van der Waals surface area contributed by atoms with Crippen molar-refractivity contribution in [1.29, 1.82) is 0 Å². The Morgan fingerprint density at radius 1 is 1.07 bits per heavy atom. The topological polar surface area (TPSA) is 66.8 Å². The molecule has 0 atom stereocenters. The van der Waals surface area contributed by atoms with Gasteiger partial charge in [-0.15, -0.1) is 0 Å². The van der Waals surface area contributed by atoms with E-state index < -0.39 is 0 Å². The van der Waals surface area contributed by atoms with Crippen LogP contribution in [0.2, 0.25) is 5.02 Å². The average Bonchev–Trinajstić information content (AvgIpc) is 3.22. The molecule has 0 bridgehead atoms. The molecule has 1 aliphatic rings. The molecule has 3 aromatic heterocycles. The largest absolute Gasteiger partial charge is 0.318 e. The zero-order valence-electron chi connectivity index (χ0n) is 16.3. The molecule has 6 nitrogen and oxygen atoms in total. The number of rotatable bonds is 4. The van der Waals surface area contributed by atoms with E-state index in [1.165, 1.54) is 0 Å². The monoisotopic (exact) mass is 417 g/mol. The first-order valence-electron chi connectivity index (χ1n) is 9.85. The highest BCUT2D eigenvalue weighted by Crippen LogP contribution is 2.24. The van der Waals surface area contributed by atoms with E-state index in [0.29, 0.717) is 23.8 Å². The number of hydrogen-bond donors (Lipinski definition) is 1. The lowest BCUT2D eigenvalue weighted by molar-refractivity contribution is 0.236. The molecule has 0 aliphatic carbocycles. The molecule has 0 fully saturated rings. The van der Waals surface area contributed by atoms with Crippen LogP contribution < -0.4 is 5.56 Å².